The predicted octanol–water partition coefficient (Wildman–Crippen LogP) is 4.54. The lowest BCUT2D eigenvalue weighted by Crippen LogP contribution is -2.48. The Morgan fingerprint density at radius 3 is 2.60 bits per heavy atom. The molecule has 4 rings (SSSR count). The summed E-state index contributed by atoms with van der Waals surface area (Å²) < 4.78 is 6.58. The van der Waals surface area contributed by atoms with Crippen LogP contribution in [0.15, 0.2) is 44.7 Å². The molecule has 2 aromatic heterocycles. The molecule has 1 aliphatic heterocycles. The van der Waals surface area contributed by atoms with Gasteiger partial charge < -0.3 is 9.42 Å². The molecule has 1 fully saturated rings. The second-order valence-electron chi connectivity index (χ2n) is 7.59. The van der Waals surface area contributed by atoms with Gasteiger partial charge in [-0.1, -0.05) is 35.0 Å². The average molecular weight is 489 g/mol. The summed E-state index contributed by atoms with van der Waals surface area (Å²) >= 11 is 5.23. The van der Waals surface area contributed by atoms with E-state index in [4.69, 9.17) is 4.52 Å². The molecule has 0 unspecified atom stereocenters. The van der Waals surface area contributed by atoms with Gasteiger partial charge in [-0.15, -0.1) is 11.3 Å². The third kappa shape index (κ3) is 5.56. The van der Waals surface area contributed by atoms with Crippen molar-refractivity contribution in [2.24, 2.45) is 0 Å². The number of benzene rings is 1. The van der Waals surface area contributed by atoms with E-state index >= 15 is 0 Å². The van der Waals surface area contributed by atoms with Gasteiger partial charge in [-0.05, 0) is 47.8 Å². The maximum atomic E-state index is 12.5. The fraction of sp³-hybridized carbons (Fsp3) is 0.409. The average Bonchev–Trinajstić information content (AvgIpc) is 3.38. The topological polar surface area (TPSA) is 62.5 Å². The molecule has 0 radical (unpaired) electrons. The number of amides is 1. The molecule has 3 aromatic rings. The second kappa shape index (κ2) is 9.85. The summed E-state index contributed by atoms with van der Waals surface area (Å²) in [6.45, 7) is 5.83. The highest BCUT2D eigenvalue weighted by atomic mass is 79.9. The van der Waals surface area contributed by atoms with E-state index in [1.807, 2.05) is 29.2 Å². The van der Waals surface area contributed by atoms with Crippen molar-refractivity contribution in [1.82, 2.24) is 19.9 Å². The van der Waals surface area contributed by atoms with Crippen molar-refractivity contribution in [2.45, 2.75) is 32.7 Å². The van der Waals surface area contributed by atoms with Crippen LogP contribution in [0.5, 0.6) is 0 Å². The van der Waals surface area contributed by atoms with E-state index in [2.05, 4.69) is 50.0 Å². The molecule has 0 aliphatic carbocycles. The van der Waals surface area contributed by atoms with Crippen molar-refractivity contribution < 1.29 is 9.32 Å². The fourth-order valence-electron chi connectivity index (χ4n) is 3.54. The molecule has 1 aromatic carbocycles. The van der Waals surface area contributed by atoms with Crippen molar-refractivity contribution in [2.75, 3.05) is 26.2 Å². The number of nitrogens with zero attached hydrogens (tertiary/aromatic N) is 4. The first-order chi connectivity index (χ1) is 14.6. The Hall–Kier alpha value is -2.03. The second-order valence-corrected chi connectivity index (χ2v) is 10.1. The third-order valence-electron chi connectivity index (χ3n) is 5.30. The van der Waals surface area contributed by atoms with Crippen LogP contribution in [0, 0.1) is 6.92 Å². The van der Waals surface area contributed by atoms with Gasteiger partial charge in [0.2, 0.25) is 17.6 Å². The van der Waals surface area contributed by atoms with E-state index in [0.29, 0.717) is 24.7 Å². The number of thiophene rings is 1. The van der Waals surface area contributed by atoms with Crippen LogP contribution in [0.2, 0.25) is 0 Å². The van der Waals surface area contributed by atoms with Crippen LogP contribution < -0.4 is 0 Å². The van der Waals surface area contributed by atoms with E-state index in [9.17, 15) is 4.79 Å². The van der Waals surface area contributed by atoms with Crippen molar-refractivity contribution in [3.8, 4) is 11.4 Å². The first-order valence-electron chi connectivity index (χ1n) is 10.2. The van der Waals surface area contributed by atoms with Gasteiger partial charge in [-0.2, -0.15) is 4.98 Å². The van der Waals surface area contributed by atoms with E-state index in [-0.39, 0.29) is 5.91 Å². The Labute approximate surface area is 189 Å². The van der Waals surface area contributed by atoms with Crippen LogP contribution in [-0.4, -0.2) is 52.0 Å². The Morgan fingerprint density at radius 2 is 1.90 bits per heavy atom. The summed E-state index contributed by atoms with van der Waals surface area (Å²) in [5.74, 6) is 1.49. The molecule has 30 heavy (non-hydrogen) atoms. The van der Waals surface area contributed by atoms with Crippen LogP contribution in [-0.2, 0) is 17.8 Å². The first kappa shape index (κ1) is 21.2. The molecular formula is C22H25BrN4O2S. The van der Waals surface area contributed by atoms with Crippen LogP contribution in [0.25, 0.3) is 11.4 Å². The number of carbonyl (C=O) groups excluding carboxylic acids is 1. The van der Waals surface area contributed by atoms with Crippen LogP contribution in [0.4, 0.5) is 0 Å². The highest BCUT2D eigenvalue weighted by molar-refractivity contribution is 9.11. The van der Waals surface area contributed by atoms with Crippen LogP contribution >= 0.6 is 27.3 Å². The summed E-state index contributed by atoms with van der Waals surface area (Å²) in [6, 6.07) is 12.3. The minimum Gasteiger partial charge on any atom is -0.340 e. The Balaban J connectivity index is 1.21. The van der Waals surface area contributed by atoms with E-state index in [0.717, 1.165) is 48.4 Å². The highest BCUT2D eigenvalue weighted by Gasteiger charge is 2.22. The molecule has 0 N–H and O–H groups in total. The van der Waals surface area contributed by atoms with Crippen molar-refractivity contribution in [3.05, 3.63) is 56.5 Å². The maximum absolute atomic E-state index is 12.5. The van der Waals surface area contributed by atoms with Gasteiger partial charge in [-0.25, -0.2) is 0 Å². The number of halogens is 1. The zero-order chi connectivity index (χ0) is 20.9. The molecule has 0 saturated carbocycles. The van der Waals surface area contributed by atoms with Crippen molar-refractivity contribution in [3.63, 3.8) is 0 Å². The zero-order valence-electron chi connectivity index (χ0n) is 17.0. The molecule has 0 atom stereocenters. The molecule has 3 heterocycles. The SMILES string of the molecule is Cc1ccc(-c2noc(CN3CCN(C(=O)CCCc4ccc(Br)s4)CC3)n2)cc1. The molecular weight excluding hydrogens is 464 g/mol. The van der Waals surface area contributed by atoms with Crippen molar-refractivity contribution >= 4 is 33.2 Å². The molecule has 158 valence electrons. The van der Waals surface area contributed by atoms with Crippen LogP contribution in [0.3, 0.4) is 0 Å². The Morgan fingerprint density at radius 1 is 1.13 bits per heavy atom. The number of rotatable bonds is 7. The standard InChI is InChI=1S/C22H25BrN4O2S/c1-16-5-7-17(8-6-16)22-24-20(29-25-22)15-26-11-13-27(14-12-26)21(28)4-2-3-18-9-10-19(23)30-18/h5-10H,2-4,11-15H2,1H3. The summed E-state index contributed by atoms with van der Waals surface area (Å²) in [5, 5.41) is 4.11. The highest BCUT2D eigenvalue weighted by Crippen LogP contribution is 2.23. The lowest BCUT2D eigenvalue weighted by molar-refractivity contribution is -0.133. The lowest BCUT2D eigenvalue weighted by Gasteiger charge is -2.34. The number of carbonyl (C=O) groups is 1. The first-order valence-corrected chi connectivity index (χ1v) is 11.8. The van der Waals surface area contributed by atoms with E-state index in [1.54, 1.807) is 11.3 Å². The molecule has 0 spiro atoms. The smallest absolute Gasteiger partial charge is 0.241 e. The maximum Gasteiger partial charge on any atom is 0.241 e. The Bertz CT molecular complexity index is 977. The number of aromatic nitrogens is 2. The Kier molecular flexibility index (Phi) is 6.97. The number of piperazine rings is 1. The zero-order valence-corrected chi connectivity index (χ0v) is 19.4. The van der Waals surface area contributed by atoms with Crippen LogP contribution in [0.1, 0.15) is 29.2 Å². The molecule has 8 heteroatoms. The summed E-state index contributed by atoms with van der Waals surface area (Å²) in [5.41, 5.74) is 2.16. The quantitative estimate of drug-likeness (QED) is 0.488. The number of hydrogen-bond acceptors (Lipinski definition) is 6. The molecule has 1 amide bonds. The van der Waals surface area contributed by atoms with Gasteiger partial charge in [0, 0.05) is 43.0 Å². The van der Waals surface area contributed by atoms with E-state index in [1.165, 1.54) is 10.4 Å². The van der Waals surface area contributed by atoms with Crippen molar-refractivity contribution in [1.29, 1.82) is 0 Å². The van der Waals surface area contributed by atoms with Gasteiger partial charge in [0.05, 0.1) is 10.3 Å². The molecule has 1 aliphatic rings. The lowest BCUT2D eigenvalue weighted by atomic mass is 10.1. The van der Waals surface area contributed by atoms with Gasteiger partial charge in [0.25, 0.3) is 0 Å². The third-order valence-corrected chi connectivity index (χ3v) is 6.99. The van der Waals surface area contributed by atoms with Gasteiger partial charge in [0.15, 0.2) is 0 Å². The summed E-state index contributed by atoms with van der Waals surface area (Å²) in [7, 11) is 0. The normalized spacial score (nSPS) is 14.9. The van der Waals surface area contributed by atoms with Gasteiger partial charge in [0.1, 0.15) is 0 Å². The summed E-state index contributed by atoms with van der Waals surface area (Å²) in [4.78, 5) is 22.6. The fourth-order valence-corrected chi connectivity index (χ4v) is 5.07. The van der Waals surface area contributed by atoms with Gasteiger partial charge >= 0.3 is 0 Å². The monoisotopic (exact) mass is 488 g/mol. The molecule has 6 nitrogen and oxygen atoms in total. The number of aryl methyl sites for hydroxylation is 2. The number of hydrogen-bond donors (Lipinski definition) is 0. The predicted molar refractivity (Wildman–Crippen MR) is 121 cm³/mol. The van der Waals surface area contributed by atoms with Gasteiger partial charge in [-0.3, -0.25) is 9.69 Å². The summed E-state index contributed by atoms with van der Waals surface area (Å²) in [6.07, 6.45) is 2.47. The minimum absolute atomic E-state index is 0.254. The molecule has 0 bridgehead atoms. The van der Waals surface area contributed by atoms with E-state index < -0.39 is 0 Å². The molecule has 1 saturated heterocycles. The largest absolute Gasteiger partial charge is 0.340 e. The minimum atomic E-state index is 0.254.